The van der Waals surface area contributed by atoms with E-state index in [0.717, 1.165) is 17.3 Å². The fourth-order valence-electron chi connectivity index (χ4n) is 2.76. The molecule has 0 bridgehead atoms. The Kier molecular flexibility index (Phi) is 6.36. The molecule has 0 saturated heterocycles. The van der Waals surface area contributed by atoms with Gasteiger partial charge in [-0.25, -0.2) is 4.98 Å². The van der Waals surface area contributed by atoms with E-state index in [-0.39, 0.29) is 5.56 Å². The van der Waals surface area contributed by atoms with Gasteiger partial charge in [-0.2, -0.15) is 9.78 Å². The monoisotopic (exact) mass is 441 g/mol. The summed E-state index contributed by atoms with van der Waals surface area (Å²) < 4.78 is 7.25. The molecule has 0 spiro atoms. The summed E-state index contributed by atoms with van der Waals surface area (Å²) in [5.74, 6) is 0.654. The van der Waals surface area contributed by atoms with Crippen LogP contribution in [0.5, 0.6) is 5.75 Å². The molecule has 0 aliphatic carbocycles. The number of unbranched alkanes of at least 4 members (excludes halogenated alkanes) is 1. The molecule has 0 fully saturated rings. The van der Waals surface area contributed by atoms with Gasteiger partial charge in [-0.1, -0.05) is 41.4 Å². The van der Waals surface area contributed by atoms with Crippen molar-refractivity contribution in [1.82, 2.24) is 9.66 Å². The summed E-state index contributed by atoms with van der Waals surface area (Å²) in [4.78, 5) is 28.8. The van der Waals surface area contributed by atoms with Crippen molar-refractivity contribution >= 4 is 39.0 Å². The molecule has 0 N–H and O–H groups in total. The zero-order valence-corrected chi connectivity index (χ0v) is 17.3. The molecule has 7 heteroatoms. The van der Waals surface area contributed by atoms with Crippen molar-refractivity contribution in [2.24, 2.45) is 5.10 Å². The van der Waals surface area contributed by atoms with Gasteiger partial charge in [0.1, 0.15) is 11.6 Å². The van der Waals surface area contributed by atoms with Gasteiger partial charge in [0.25, 0.3) is 5.56 Å². The van der Waals surface area contributed by atoms with E-state index >= 15 is 0 Å². The van der Waals surface area contributed by atoms with Crippen LogP contribution in [0.1, 0.15) is 38.1 Å². The second kappa shape index (κ2) is 8.93. The summed E-state index contributed by atoms with van der Waals surface area (Å²) in [5.41, 5.74) is 1.15. The first-order chi connectivity index (χ1) is 13.5. The SMILES string of the molecule is CCCCc1nc2ccc(Br)cc2c(=O)n1N=Cc1cccc(OC(C)=O)c1. The van der Waals surface area contributed by atoms with E-state index in [1.807, 2.05) is 18.2 Å². The number of aryl methyl sites for hydroxylation is 1. The van der Waals surface area contributed by atoms with Crippen LogP contribution in [0.2, 0.25) is 0 Å². The highest BCUT2D eigenvalue weighted by atomic mass is 79.9. The molecule has 3 aromatic rings. The lowest BCUT2D eigenvalue weighted by Crippen LogP contribution is -2.22. The molecule has 6 nitrogen and oxygen atoms in total. The molecule has 0 radical (unpaired) electrons. The van der Waals surface area contributed by atoms with Crippen molar-refractivity contribution in [2.75, 3.05) is 0 Å². The summed E-state index contributed by atoms with van der Waals surface area (Å²) in [5, 5.41) is 4.89. The number of nitrogens with zero attached hydrogens (tertiary/aromatic N) is 3. The maximum atomic E-state index is 13.0. The standard InChI is InChI=1S/C21H20BrN3O3/c1-3-4-8-20-24-19-10-9-16(22)12-18(19)21(27)25(20)23-13-15-6-5-7-17(11-15)28-14(2)26/h5-7,9-13H,3-4,8H2,1-2H3. The van der Waals surface area contributed by atoms with E-state index in [9.17, 15) is 9.59 Å². The second-order valence-corrected chi connectivity index (χ2v) is 7.24. The number of carbonyl (C=O) groups excluding carboxylic acids is 1. The van der Waals surface area contributed by atoms with Crippen molar-refractivity contribution in [3.8, 4) is 5.75 Å². The number of fused-ring (bicyclic) bond motifs is 1. The molecular weight excluding hydrogens is 422 g/mol. The van der Waals surface area contributed by atoms with Gasteiger partial charge in [0.15, 0.2) is 0 Å². The number of halogens is 1. The predicted molar refractivity (Wildman–Crippen MR) is 113 cm³/mol. The molecule has 0 unspecified atom stereocenters. The number of hydrogen-bond acceptors (Lipinski definition) is 5. The molecule has 2 aromatic carbocycles. The minimum atomic E-state index is -0.392. The smallest absolute Gasteiger partial charge is 0.308 e. The molecule has 0 aliphatic rings. The van der Waals surface area contributed by atoms with Crippen LogP contribution in [-0.4, -0.2) is 21.8 Å². The van der Waals surface area contributed by atoms with Gasteiger partial charge in [0.2, 0.25) is 0 Å². The number of esters is 1. The number of aromatic nitrogens is 2. The highest BCUT2D eigenvalue weighted by molar-refractivity contribution is 9.10. The van der Waals surface area contributed by atoms with E-state index in [1.165, 1.54) is 11.6 Å². The third-order valence-electron chi connectivity index (χ3n) is 4.07. The quantitative estimate of drug-likeness (QED) is 0.324. The molecule has 0 amide bonds. The number of benzene rings is 2. The Hall–Kier alpha value is -2.80. The molecule has 1 heterocycles. The lowest BCUT2D eigenvalue weighted by molar-refractivity contribution is -0.131. The first kappa shape index (κ1) is 19.9. The molecular formula is C21H20BrN3O3. The lowest BCUT2D eigenvalue weighted by Gasteiger charge is -2.09. The third-order valence-corrected chi connectivity index (χ3v) is 4.56. The van der Waals surface area contributed by atoms with Crippen LogP contribution in [0.15, 0.2) is 56.8 Å². The topological polar surface area (TPSA) is 73.6 Å². The van der Waals surface area contributed by atoms with Crippen LogP contribution < -0.4 is 10.3 Å². The van der Waals surface area contributed by atoms with Crippen LogP contribution >= 0.6 is 15.9 Å². The van der Waals surface area contributed by atoms with Crippen LogP contribution in [0.3, 0.4) is 0 Å². The first-order valence-electron chi connectivity index (χ1n) is 9.02. The molecule has 0 aliphatic heterocycles. The summed E-state index contributed by atoms with van der Waals surface area (Å²) in [6.07, 6.45) is 4.12. The Morgan fingerprint density at radius 1 is 1.29 bits per heavy atom. The molecule has 144 valence electrons. The Balaban J connectivity index is 2.05. The lowest BCUT2D eigenvalue weighted by atomic mass is 10.2. The summed E-state index contributed by atoms with van der Waals surface area (Å²) in [7, 11) is 0. The van der Waals surface area contributed by atoms with Gasteiger partial charge in [-0.15, -0.1) is 0 Å². The van der Waals surface area contributed by atoms with Crippen molar-refractivity contribution in [2.45, 2.75) is 33.1 Å². The number of rotatable bonds is 6. The molecule has 0 saturated carbocycles. The minimum absolute atomic E-state index is 0.218. The zero-order valence-electron chi connectivity index (χ0n) is 15.7. The van der Waals surface area contributed by atoms with Gasteiger partial charge >= 0.3 is 5.97 Å². The maximum absolute atomic E-state index is 13.0. The number of carbonyl (C=O) groups is 1. The highest BCUT2D eigenvalue weighted by Gasteiger charge is 2.11. The Morgan fingerprint density at radius 2 is 2.11 bits per heavy atom. The van der Waals surface area contributed by atoms with Crippen LogP contribution in [0, 0.1) is 0 Å². The summed E-state index contributed by atoms with van der Waals surface area (Å²) in [6.45, 7) is 3.43. The average Bonchev–Trinajstić information content (AvgIpc) is 2.66. The predicted octanol–water partition coefficient (Wildman–Crippen LogP) is 4.31. The Bertz CT molecular complexity index is 1110. The van der Waals surface area contributed by atoms with Gasteiger partial charge in [0, 0.05) is 17.8 Å². The molecule has 1 aromatic heterocycles. The van der Waals surface area contributed by atoms with Crippen molar-refractivity contribution in [3.63, 3.8) is 0 Å². The van der Waals surface area contributed by atoms with E-state index in [0.29, 0.717) is 34.5 Å². The first-order valence-corrected chi connectivity index (χ1v) is 9.81. The minimum Gasteiger partial charge on any atom is -0.427 e. The number of hydrogen-bond donors (Lipinski definition) is 0. The van der Waals surface area contributed by atoms with Crippen LogP contribution in [-0.2, 0) is 11.2 Å². The maximum Gasteiger partial charge on any atom is 0.308 e. The molecule has 28 heavy (non-hydrogen) atoms. The number of ether oxygens (including phenoxy) is 1. The zero-order chi connectivity index (χ0) is 20.1. The van der Waals surface area contributed by atoms with E-state index in [2.05, 4.69) is 32.9 Å². The van der Waals surface area contributed by atoms with Gasteiger partial charge < -0.3 is 4.74 Å². The summed E-state index contributed by atoms with van der Waals surface area (Å²) in [6, 6.07) is 12.4. The van der Waals surface area contributed by atoms with Gasteiger partial charge in [-0.3, -0.25) is 9.59 Å². The summed E-state index contributed by atoms with van der Waals surface area (Å²) >= 11 is 3.40. The molecule has 3 rings (SSSR count). The van der Waals surface area contributed by atoms with Gasteiger partial charge in [-0.05, 0) is 42.3 Å². The van der Waals surface area contributed by atoms with Crippen LogP contribution in [0.25, 0.3) is 10.9 Å². The Labute approximate surface area is 171 Å². The van der Waals surface area contributed by atoms with Crippen molar-refractivity contribution < 1.29 is 9.53 Å². The fraction of sp³-hybridized carbons (Fsp3) is 0.238. The fourth-order valence-corrected chi connectivity index (χ4v) is 3.12. The van der Waals surface area contributed by atoms with Crippen LogP contribution in [0.4, 0.5) is 0 Å². The van der Waals surface area contributed by atoms with E-state index in [1.54, 1.807) is 30.5 Å². The second-order valence-electron chi connectivity index (χ2n) is 6.32. The molecule has 0 atom stereocenters. The van der Waals surface area contributed by atoms with E-state index < -0.39 is 5.97 Å². The van der Waals surface area contributed by atoms with E-state index in [4.69, 9.17) is 4.74 Å². The average molecular weight is 442 g/mol. The highest BCUT2D eigenvalue weighted by Crippen LogP contribution is 2.17. The van der Waals surface area contributed by atoms with Gasteiger partial charge in [0.05, 0.1) is 17.1 Å². The normalized spacial score (nSPS) is 11.2. The largest absolute Gasteiger partial charge is 0.427 e. The van der Waals surface area contributed by atoms with Crippen molar-refractivity contribution in [1.29, 1.82) is 0 Å². The van der Waals surface area contributed by atoms with Crippen molar-refractivity contribution in [3.05, 3.63) is 68.7 Å². The Morgan fingerprint density at radius 3 is 2.86 bits per heavy atom. The third kappa shape index (κ3) is 4.72.